The maximum atomic E-state index is 5.45. The molecule has 0 aliphatic carbocycles. The number of nitrogens with zero attached hydrogens (tertiary/aromatic N) is 1. The molecule has 114 valence electrons. The van der Waals surface area contributed by atoms with Gasteiger partial charge in [0.15, 0.2) is 0 Å². The van der Waals surface area contributed by atoms with E-state index in [1.807, 2.05) is 19.2 Å². The number of halogens is 1. The Morgan fingerprint density at radius 1 is 1.30 bits per heavy atom. The van der Waals surface area contributed by atoms with Gasteiger partial charge in [-0.3, -0.25) is 0 Å². The number of likely N-dealkylation sites (N-methyl/N-ethyl adjacent to an activating group) is 1. The highest BCUT2D eigenvalue weighted by Crippen LogP contribution is 2.24. The van der Waals surface area contributed by atoms with Gasteiger partial charge in [0, 0.05) is 10.5 Å². The normalized spacial score (nSPS) is 12.7. The van der Waals surface area contributed by atoms with Crippen LogP contribution in [0.2, 0.25) is 0 Å². The largest absolute Gasteiger partial charge is 0.496 e. The summed E-state index contributed by atoms with van der Waals surface area (Å²) in [5.74, 6) is 0.969. The second kappa shape index (κ2) is 9.37. The lowest BCUT2D eigenvalue weighted by Gasteiger charge is -2.23. The van der Waals surface area contributed by atoms with Crippen molar-refractivity contribution in [2.24, 2.45) is 0 Å². The summed E-state index contributed by atoms with van der Waals surface area (Å²) in [5.41, 5.74) is 1.25. The van der Waals surface area contributed by atoms with Crippen LogP contribution in [0.4, 0.5) is 0 Å². The van der Waals surface area contributed by atoms with E-state index in [-0.39, 0.29) is 0 Å². The van der Waals surface area contributed by atoms with Crippen LogP contribution in [0.15, 0.2) is 22.7 Å². The van der Waals surface area contributed by atoms with E-state index in [0.29, 0.717) is 6.04 Å². The van der Waals surface area contributed by atoms with Crippen LogP contribution < -0.4 is 10.1 Å². The molecule has 0 saturated heterocycles. The fourth-order valence-electron chi connectivity index (χ4n) is 2.40. The molecule has 0 aliphatic heterocycles. The highest BCUT2D eigenvalue weighted by Gasteiger charge is 2.12. The van der Waals surface area contributed by atoms with Crippen LogP contribution in [0.25, 0.3) is 0 Å². The number of nitrogens with one attached hydrogen (secondary N) is 1. The number of hydrogen-bond donors (Lipinski definition) is 1. The third-order valence-electron chi connectivity index (χ3n) is 3.81. The van der Waals surface area contributed by atoms with Crippen molar-refractivity contribution in [1.82, 2.24) is 10.2 Å². The van der Waals surface area contributed by atoms with Crippen LogP contribution in [-0.2, 0) is 6.42 Å². The third-order valence-corrected chi connectivity index (χ3v) is 4.30. The highest BCUT2D eigenvalue weighted by atomic mass is 79.9. The molecule has 1 N–H and O–H groups in total. The zero-order valence-corrected chi connectivity index (χ0v) is 14.7. The molecule has 20 heavy (non-hydrogen) atoms. The van der Waals surface area contributed by atoms with E-state index in [1.165, 1.54) is 5.56 Å². The molecule has 1 unspecified atom stereocenters. The molecule has 0 aromatic heterocycles. The van der Waals surface area contributed by atoms with Gasteiger partial charge in [-0.25, -0.2) is 0 Å². The van der Waals surface area contributed by atoms with Crippen LogP contribution in [0.3, 0.4) is 0 Å². The van der Waals surface area contributed by atoms with E-state index in [2.05, 4.69) is 46.1 Å². The summed E-state index contributed by atoms with van der Waals surface area (Å²) < 4.78 is 6.56. The number of methoxy groups -OCH3 is 1. The molecular formula is C16H27BrN2O. The van der Waals surface area contributed by atoms with E-state index < -0.39 is 0 Å². The summed E-state index contributed by atoms with van der Waals surface area (Å²) in [7, 11) is 3.77. The smallest absolute Gasteiger partial charge is 0.122 e. The van der Waals surface area contributed by atoms with E-state index in [9.17, 15) is 0 Å². The third kappa shape index (κ3) is 5.43. The predicted molar refractivity (Wildman–Crippen MR) is 89.7 cm³/mol. The average molecular weight is 343 g/mol. The molecule has 0 heterocycles. The first-order valence-corrected chi connectivity index (χ1v) is 8.15. The summed E-state index contributed by atoms with van der Waals surface area (Å²) >= 11 is 3.54. The fraction of sp³-hybridized carbons (Fsp3) is 0.625. The molecule has 0 saturated carbocycles. The molecule has 0 radical (unpaired) electrons. The van der Waals surface area contributed by atoms with Crippen molar-refractivity contribution >= 4 is 15.9 Å². The number of ether oxygens (including phenoxy) is 1. The van der Waals surface area contributed by atoms with Crippen LogP contribution in [0, 0.1) is 0 Å². The van der Waals surface area contributed by atoms with Gasteiger partial charge < -0.3 is 15.0 Å². The van der Waals surface area contributed by atoms with Crippen LogP contribution in [-0.4, -0.2) is 44.7 Å². The van der Waals surface area contributed by atoms with Gasteiger partial charge in [0.25, 0.3) is 0 Å². The maximum absolute atomic E-state index is 5.45. The van der Waals surface area contributed by atoms with E-state index in [4.69, 9.17) is 4.74 Å². The van der Waals surface area contributed by atoms with Crippen molar-refractivity contribution in [3.05, 3.63) is 28.2 Å². The van der Waals surface area contributed by atoms with Gasteiger partial charge in [-0.15, -0.1) is 0 Å². The summed E-state index contributed by atoms with van der Waals surface area (Å²) in [5, 5.41) is 3.43. The zero-order valence-electron chi connectivity index (χ0n) is 13.1. The number of hydrogen-bond acceptors (Lipinski definition) is 3. The van der Waals surface area contributed by atoms with Crippen LogP contribution in [0.5, 0.6) is 5.75 Å². The lowest BCUT2D eigenvalue weighted by molar-refractivity contribution is 0.282. The SMILES string of the molecule is CCN(CC)CCC(Cc1cc(Br)ccc1OC)NC. The van der Waals surface area contributed by atoms with Gasteiger partial charge in [0.2, 0.25) is 0 Å². The topological polar surface area (TPSA) is 24.5 Å². The molecule has 4 heteroatoms. The molecule has 0 bridgehead atoms. The quantitative estimate of drug-likeness (QED) is 0.744. The summed E-state index contributed by atoms with van der Waals surface area (Å²) in [6.07, 6.45) is 2.13. The van der Waals surface area contributed by atoms with Gasteiger partial charge in [-0.2, -0.15) is 0 Å². The fourth-order valence-corrected chi connectivity index (χ4v) is 2.81. The molecule has 1 aromatic rings. The first-order valence-electron chi connectivity index (χ1n) is 7.36. The molecule has 1 rings (SSSR count). The summed E-state index contributed by atoms with van der Waals surface area (Å²) in [6.45, 7) is 7.81. The van der Waals surface area contributed by atoms with E-state index >= 15 is 0 Å². The van der Waals surface area contributed by atoms with Crippen LogP contribution >= 0.6 is 15.9 Å². The first-order chi connectivity index (χ1) is 9.64. The van der Waals surface area contributed by atoms with Gasteiger partial charge in [0.1, 0.15) is 5.75 Å². The second-order valence-corrected chi connectivity index (χ2v) is 5.88. The molecule has 1 atom stereocenters. The van der Waals surface area contributed by atoms with Gasteiger partial charge in [0.05, 0.1) is 7.11 Å². The number of rotatable bonds is 9. The van der Waals surface area contributed by atoms with Crippen molar-refractivity contribution < 1.29 is 4.74 Å². The maximum Gasteiger partial charge on any atom is 0.122 e. The first kappa shape index (κ1) is 17.5. The second-order valence-electron chi connectivity index (χ2n) is 4.96. The van der Waals surface area contributed by atoms with Crippen molar-refractivity contribution in [2.45, 2.75) is 32.7 Å². The van der Waals surface area contributed by atoms with Crippen molar-refractivity contribution in [3.8, 4) is 5.75 Å². The Hall–Kier alpha value is -0.580. The molecule has 1 aromatic carbocycles. The predicted octanol–water partition coefficient (Wildman–Crippen LogP) is 3.32. The Bertz CT molecular complexity index is 394. The lowest BCUT2D eigenvalue weighted by Crippen LogP contribution is -2.34. The Morgan fingerprint density at radius 2 is 2.00 bits per heavy atom. The highest BCUT2D eigenvalue weighted by molar-refractivity contribution is 9.10. The van der Waals surface area contributed by atoms with Crippen molar-refractivity contribution in [3.63, 3.8) is 0 Å². The Labute approximate surface area is 131 Å². The van der Waals surface area contributed by atoms with Crippen molar-refractivity contribution in [2.75, 3.05) is 33.8 Å². The minimum absolute atomic E-state index is 0.471. The Balaban J connectivity index is 2.66. The van der Waals surface area contributed by atoms with Gasteiger partial charge in [-0.1, -0.05) is 29.8 Å². The standard InChI is InChI=1S/C16H27BrN2O/c1-5-19(6-2)10-9-15(18-3)12-13-11-14(17)7-8-16(13)20-4/h7-8,11,15,18H,5-6,9-10,12H2,1-4H3. The summed E-state index contributed by atoms with van der Waals surface area (Å²) in [4.78, 5) is 2.46. The average Bonchev–Trinajstić information content (AvgIpc) is 2.47. The monoisotopic (exact) mass is 342 g/mol. The molecule has 0 spiro atoms. The zero-order chi connectivity index (χ0) is 15.0. The Kier molecular flexibility index (Phi) is 8.19. The van der Waals surface area contributed by atoms with Crippen LogP contribution in [0.1, 0.15) is 25.8 Å². The minimum atomic E-state index is 0.471. The molecule has 3 nitrogen and oxygen atoms in total. The lowest BCUT2D eigenvalue weighted by atomic mass is 10.0. The van der Waals surface area contributed by atoms with E-state index in [1.54, 1.807) is 7.11 Å². The minimum Gasteiger partial charge on any atom is -0.496 e. The molecular weight excluding hydrogens is 316 g/mol. The van der Waals surface area contributed by atoms with E-state index in [0.717, 1.165) is 42.7 Å². The molecule has 0 fully saturated rings. The Morgan fingerprint density at radius 3 is 2.55 bits per heavy atom. The summed E-state index contributed by atoms with van der Waals surface area (Å²) in [6, 6.07) is 6.67. The number of benzene rings is 1. The van der Waals surface area contributed by atoms with Gasteiger partial charge in [-0.05, 0) is 63.3 Å². The van der Waals surface area contributed by atoms with Crippen molar-refractivity contribution in [1.29, 1.82) is 0 Å². The van der Waals surface area contributed by atoms with Gasteiger partial charge >= 0.3 is 0 Å². The molecule has 0 aliphatic rings. The molecule has 0 amide bonds.